The highest BCUT2D eigenvalue weighted by Crippen LogP contribution is 2.08. The van der Waals surface area contributed by atoms with Crippen molar-refractivity contribution in [3.8, 4) is 0 Å². The molecule has 3 rings (SSSR count). The Hall–Kier alpha value is -3.15. The Morgan fingerprint density at radius 1 is 1.08 bits per heavy atom. The van der Waals surface area contributed by atoms with Gasteiger partial charge in [0.1, 0.15) is 5.76 Å². The van der Waals surface area contributed by atoms with Crippen LogP contribution in [0.25, 0.3) is 0 Å². The number of furan rings is 1. The van der Waals surface area contributed by atoms with Gasteiger partial charge < -0.3 is 15.1 Å². The highest BCUT2D eigenvalue weighted by atomic mass is 16.3. The Labute approximate surface area is 140 Å². The molecule has 0 spiro atoms. The molecule has 0 unspecified atom stereocenters. The van der Waals surface area contributed by atoms with Crippen molar-refractivity contribution in [2.45, 2.75) is 20.0 Å². The lowest BCUT2D eigenvalue weighted by Gasteiger charge is -2.08. The number of hydrogen-bond acceptors (Lipinski definition) is 5. The topological polar surface area (TPSA) is 80.0 Å². The van der Waals surface area contributed by atoms with Crippen molar-refractivity contribution in [1.29, 1.82) is 0 Å². The molecule has 6 nitrogen and oxygen atoms in total. The van der Waals surface area contributed by atoms with Gasteiger partial charge in [-0.05, 0) is 30.2 Å². The van der Waals surface area contributed by atoms with Crippen LogP contribution < -0.4 is 10.6 Å². The van der Waals surface area contributed by atoms with Gasteiger partial charge in [0, 0.05) is 18.9 Å². The Morgan fingerprint density at radius 2 is 1.88 bits per heavy atom. The predicted molar refractivity (Wildman–Crippen MR) is 90.4 cm³/mol. The first-order chi connectivity index (χ1) is 11.7. The second kappa shape index (κ2) is 7.41. The smallest absolute Gasteiger partial charge is 0.254 e. The van der Waals surface area contributed by atoms with Crippen molar-refractivity contribution >= 4 is 11.9 Å². The van der Waals surface area contributed by atoms with E-state index in [1.807, 2.05) is 43.3 Å². The molecule has 0 aliphatic rings. The fraction of sp³-hybridized carbons (Fsp3) is 0.167. The predicted octanol–water partition coefficient (Wildman–Crippen LogP) is 2.92. The van der Waals surface area contributed by atoms with Gasteiger partial charge in [-0.25, -0.2) is 9.97 Å². The second-order valence-corrected chi connectivity index (χ2v) is 5.34. The number of carbonyl (C=O) groups is 1. The highest BCUT2D eigenvalue weighted by Gasteiger charge is 2.08. The van der Waals surface area contributed by atoms with Gasteiger partial charge in [0.25, 0.3) is 5.91 Å². The van der Waals surface area contributed by atoms with E-state index in [1.165, 1.54) is 12.4 Å². The summed E-state index contributed by atoms with van der Waals surface area (Å²) in [6.45, 7) is 2.99. The minimum absolute atomic E-state index is 0.198. The largest absolute Gasteiger partial charge is 0.467 e. The summed E-state index contributed by atoms with van der Waals surface area (Å²) in [6, 6.07) is 11.6. The minimum atomic E-state index is -0.198. The molecule has 6 heteroatoms. The highest BCUT2D eigenvalue weighted by molar-refractivity contribution is 5.93. The number of nitrogens with zero attached hydrogens (tertiary/aromatic N) is 2. The van der Waals surface area contributed by atoms with E-state index in [0.29, 0.717) is 24.6 Å². The summed E-state index contributed by atoms with van der Waals surface area (Å²) in [5.74, 6) is 1.04. The molecule has 0 fully saturated rings. The molecule has 24 heavy (non-hydrogen) atoms. The van der Waals surface area contributed by atoms with E-state index in [1.54, 1.807) is 6.26 Å². The summed E-state index contributed by atoms with van der Waals surface area (Å²) in [7, 11) is 0. The van der Waals surface area contributed by atoms with Crippen LogP contribution in [0.3, 0.4) is 0 Å². The van der Waals surface area contributed by atoms with Crippen molar-refractivity contribution in [2.24, 2.45) is 0 Å². The van der Waals surface area contributed by atoms with Crippen molar-refractivity contribution in [2.75, 3.05) is 5.32 Å². The number of nitrogens with one attached hydrogen (secondary N) is 2. The van der Waals surface area contributed by atoms with Gasteiger partial charge in [-0.2, -0.15) is 0 Å². The molecule has 0 atom stereocenters. The molecule has 3 aromatic rings. The number of carbonyl (C=O) groups excluding carboxylic acids is 1. The van der Waals surface area contributed by atoms with Crippen LogP contribution >= 0.6 is 0 Å². The van der Waals surface area contributed by atoms with E-state index in [2.05, 4.69) is 20.6 Å². The van der Waals surface area contributed by atoms with Gasteiger partial charge in [0.05, 0.1) is 18.4 Å². The van der Waals surface area contributed by atoms with E-state index in [0.717, 1.165) is 16.9 Å². The van der Waals surface area contributed by atoms with Gasteiger partial charge in [-0.3, -0.25) is 4.79 Å². The Morgan fingerprint density at radius 3 is 2.58 bits per heavy atom. The fourth-order valence-electron chi connectivity index (χ4n) is 2.20. The van der Waals surface area contributed by atoms with Crippen LogP contribution in [-0.4, -0.2) is 15.9 Å². The molecule has 1 aromatic carbocycles. The van der Waals surface area contributed by atoms with Crippen LogP contribution in [0, 0.1) is 6.92 Å². The quantitative estimate of drug-likeness (QED) is 0.729. The number of aryl methyl sites for hydroxylation is 1. The van der Waals surface area contributed by atoms with Crippen LogP contribution in [0.15, 0.2) is 59.5 Å². The summed E-state index contributed by atoms with van der Waals surface area (Å²) < 4.78 is 5.22. The molecule has 0 aliphatic heterocycles. The molecule has 2 aromatic heterocycles. The average molecular weight is 322 g/mol. The van der Waals surface area contributed by atoms with Crippen LogP contribution in [0.1, 0.15) is 27.2 Å². The molecular weight excluding hydrogens is 304 g/mol. The van der Waals surface area contributed by atoms with E-state index in [4.69, 9.17) is 4.42 Å². The number of aromatic nitrogens is 2. The fourth-order valence-corrected chi connectivity index (χ4v) is 2.20. The molecule has 0 saturated carbocycles. The monoisotopic (exact) mass is 322 g/mol. The zero-order valence-corrected chi connectivity index (χ0v) is 13.3. The average Bonchev–Trinajstić information content (AvgIpc) is 3.13. The number of amides is 1. The second-order valence-electron chi connectivity index (χ2n) is 5.34. The lowest BCUT2D eigenvalue weighted by molar-refractivity contribution is 0.0950. The third kappa shape index (κ3) is 3.98. The molecule has 0 radical (unpaired) electrons. The maximum atomic E-state index is 12.2. The first kappa shape index (κ1) is 15.7. The van der Waals surface area contributed by atoms with Crippen molar-refractivity contribution in [3.63, 3.8) is 0 Å². The van der Waals surface area contributed by atoms with E-state index >= 15 is 0 Å². The van der Waals surface area contributed by atoms with Gasteiger partial charge in [-0.1, -0.05) is 24.3 Å². The first-order valence-corrected chi connectivity index (χ1v) is 7.63. The summed E-state index contributed by atoms with van der Waals surface area (Å²) in [6.07, 6.45) is 4.62. The summed E-state index contributed by atoms with van der Waals surface area (Å²) in [5, 5.41) is 5.91. The standard InChI is InChI=1S/C18H18N4O2/c1-13-5-2-3-6-14(13)9-19-17(23)15-10-20-18(21-11-15)22-12-16-7-4-8-24-16/h2-8,10-11H,9,12H2,1H3,(H,19,23)(H,20,21,22). The third-order valence-corrected chi connectivity index (χ3v) is 3.62. The van der Waals surface area contributed by atoms with Gasteiger partial charge in [0.2, 0.25) is 5.95 Å². The Kier molecular flexibility index (Phi) is 4.86. The minimum Gasteiger partial charge on any atom is -0.467 e. The lowest BCUT2D eigenvalue weighted by Crippen LogP contribution is -2.23. The summed E-state index contributed by atoms with van der Waals surface area (Å²) >= 11 is 0. The van der Waals surface area contributed by atoms with E-state index in [9.17, 15) is 4.79 Å². The van der Waals surface area contributed by atoms with Gasteiger partial charge >= 0.3 is 0 Å². The molecule has 2 N–H and O–H groups in total. The van der Waals surface area contributed by atoms with E-state index in [-0.39, 0.29) is 5.91 Å². The molecule has 122 valence electrons. The van der Waals surface area contributed by atoms with Crippen LogP contribution in [0.4, 0.5) is 5.95 Å². The molecule has 0 bridgehead atoms. The van der Waals surface area contributed by atoms with Crippen LogP contribution in [0.5, 0.6) is 0 Å². The number of anilines is 1. The normalized spacial score (nSPS) is 10.4. The molecule has 1 amide bonds. The third-order valence-electron chi connectivity index (χ3n) is 3.62. The lowest BCUT2D eigenvalue weighted by atomic mass is 10.1. The maximum Gasteiger partial charge on any atom is 0.254 e. The van der Waals surface area contributed by atoms with Crippen molar-refractivity contribution < 1.29 is 9.21 Å². The maximum absolute atomic E-state index is 12.2. The first-order valence-electron chi connectivity index (χ1n) is 7.63. The summed E-state index contributed by atoms with van der Waals surface area (Å²) in [4.78, 5) is 20.5. The van der Waals surface area contributed by atoms with Gasteiger partial charge in [-0.15, -0.1) is 0 Å². The molecule has 0 saturated heterocycles. The van der Waals surface area contributed by atoms with Crippen LogP contribution in [-0.2, 0) is 13.1 Å². The number of rotatable bonds is 6. The molecular formula is C18H18N4O2. The Bertz CT molecular complexity index is 798. The zero-order chi connectivity index (χ0) is 16.8. The van der Waals surface area contributed by atoms with Crippen molar-refractivity contribution in [3.05, 3.63) is 77.5 Å². The van der Waals surface area contributed by atoms with E-state index < -0.39 is 0 Å². The summed E-state index contributed by atoms with van der Waals surface area (Å²) in [5.41, 5.74) is 2.65. The van der Waals surface area contributed by atoms with Crippen molar-refractivity contribution in [1.82, 2.24) is 15.3 Å². The molecule has 0 aliphatic carbocycles. The Balaban J connectivity index is 1.54. The zero-order valence-electron chi connectivity index (χ0n) is 13.3. The van der Waals surface area contributed by atoms with Gasteiger partial charge in [0.15, 0.2) is 0 Å². The number of benzene rings is 1. The number of hydrogen-bond donors (Lipinski definition) is 2. The van der Waals surface area contributed by atoms with Crippen LogP contribution in [0.2, 0.25) is 0 Å². The SMILES string of the molecule is Cc1ccccc1CNC(=O)c1cnc(NCc2ccco2)nc1. The molecule has 2 heterocycles.